The molecule has 0 aliphatic carbocycles. The Morgan fingerprint density at radius 2 is 1.90 bits per heavy atom. The van der Waals surface area contributed by atoms with Crippen LogP contribution in [0, 0.1) is 5.92 Å². The summed E-state index contributed by atoms with van der Waals surface area (Å²) in [6, 6.07) is 10.5. The molecule has 4 heteroatoms. The highest BCUT2D eigenvalue weighted by molar-refractivity contribution is 5.67. The van der Waals surface area contributed by atoms with Crippen LogP contribution in [0.1, 0.15) is 32.8 Å². The molecule has 0 spiro atoms. The zero-order valence-electron chi connectivity index (χ0n) is 12.6. The van der Waals surface area contributed by atoms with Crippen LogP contribution in [0.25, 0.3) is 0 Å². The molecule has 1 saturated heterocycles. The van der Waals surface area contributed by atoms with Crippen molar-refractivity contribution in [1.82, 2.24) is 4.90 Å². The van der Waals surface area contributed by atoms with Gasteiger partial charge in [0.1, 0.15) is 5.60 Å². The van der Waals surface area contributed by atoms with E-state index < -0.39 is 5.60 Å². The van der Waals surface area contributed by atoms with Crippen molar-refractivity contribution in [1.29, 1.82) is 0 Å². The maximum Gasteiger partial charge on any atom is 0.303 e. The van der Waals surface area contributed by atoms with Crippen molar-refractivity contribution in [3.63, 3.8) is 0 Å². The third kappa shape index (κ3) is 2.99. The second-order valence-corrected chi connectivity index (χ2v) is 5.61. The standard InChI is InChI=1S/C16H23NO2.ClH/c1-12-13(2)17(4)11-10-16(12,19-14(3)18)15-8-6-5-7-9-15;/h5-9,12-13H,10-11H2,1-4H3;1H/p-1. The van der Waals surface area contributed by atoms with Crippen molar-refractivity contribution in [2.24, 2.45) is 5.92 Å². The van der Waals surface area contributed by atoms with Crippen molar-refractivity contribution in [3.8, 4) is 0 Å². The summed E-state index contributed by atoms with van der Waals surface area (Å²) in [4.78, 5) is 13.9. The number of carbonyl (C=O) groups is 1. The van der Waals surface area contributed by atoms with Crippen molar-refractivity contribution in [2.45, 2.75) is 38.8 Å². The molecule has 0 saturated carbocycles. The average molecular weight is 297 g/mol. The first-order chi connectivity index (χ1) is 8.97. The lowest BCUT2D eigenvalue weighted by Crippen LogP contribution is -3.00. The van der Waals surface area contributed by atoms with Crippen LogP contribution in [-0.2, 0) is 15.1 Å². The Bertz CT molecular complexity index is 451. The number of piperidine rings is 1. The molecular weight excluding hydrogens is 274 g/mol. The van der Waals surface area contributed by atoms with Crippen molar-refractivity contribution in [2.75, 3.05) is 13.6 Å². The minimum atomic E-state index is -0.487. The van der Waals surface area contributed by atoms with Gasteiger partial charge in [-0.25, -0.2) is 0 Å². The Kier molecular flexibility index (Phi) is 5.60. The molecule has 1 aromatic rings. The van der Waals surface area contributed by atoms with Gasteiger partial charge >= 0.3 is 5.97 Å². The molecule has 3 atom stereocenters. The lowest BCUT2D eigenvalue weighted by Gasteiger charge is -2.49. The Labute approximate surface area is 127 Å². The van der Waals surface area contributed by atoms with Crippen LogP contribution < -0.4 is 12.4 Å². The van der Waals surface area contributed by atoms with Gasteiger partial charge in [0.05, 0.1) is 0 Å². The summed E-state index contributed by atoms with van der Waals surface area (Å²) in [6.07, 6.45) is 0.846. The number of benzene rings is 1. The number of hydrogen-bond acceptors (Lipinski definition) is 3. The number of hydrogen-bond donors (Lipinski definition) is 0. The molecule has 2 rings (SSSR count). The van der Waals surface area contributed by atoms with Crippen molar-refractivity contribution in [3.05, 3.63) is 35.9 Å². The molecular formula is C16H23ClNO2-. The summed E-state index contributed by atoms with van der Waals surface area (Å²) in [6.45, 7) is 6.81. The van der Waals surface area contributed by atoms with E-state index in [0.29, 0.717) is 6.04 Å². The van der Waals surface area contributed by atoms with E-state index in [1.54, 1.807) is 0 Å². The molecule has 0 radical (unpaired) electrons. The molecule has 0 amide bonds. The zero-order valence-corrected chi connectivity index (χ0v) is 13.4. The van der Waals surface area contributed by atoms with Gasteiger partial charge in [0.2, 0.25) is 0 Å². The highest BCUT2D eigenvalue weighted by Crippen LogP contribution is 2.43. The maximum absolute atomic E-state index is 11.6. The minimum Gasteiger partial charge on any atom is -1.00 e. The van der Waals surface area contributed by atoms with Gasteiger partial charge in [-0.05, 0) is 19.5 Å². The predicted molar refractivity (Wildman–Crippen MR) is 75.8 cm³/mol. The van der Waals surface area contributed by atoms with Crippen LogP contribution in [0.15, 0.2) is 30.3 Å². The third-order valence-corrected chi connectivity index (χ3v) is 4.58. The largest absolute Gasteiger partial charge is 1.00 e. The molecule has 1 aromatic carbocycles. The number of halogens is 1. The van der Waals surface area contributed by atoms with Crippen molar-refractivity contribution >= 4 is 5.97 Å². The Morgan fingerprint density at radius 3 is 2.45 bits per heavy atom. The van der Waals surface area contributed by atoms with E-state index in [0.717, 1.165) is 18.5 Å². The van der Waals surface area contributed by atoms with E-state index in [9.17, 15) is 4.79 Å². The molecule has 3 unspecified atom stereocenters. The summed E-state index contributed by atoms with van der Waals surface area (Å²) < 4.78 is 5.83. The van der Waals surface area contributed by atoms with Crippen LogP contribution >= 0.6 is 0 Å². The zero-order chi connectivity index (χ0) is 14.0. The number of carbonyl (C=O) groups excluding carboxylic acids is 1. The lowest BCUT2D eigenvalue weighted by atomic mass is 9.73. The lowest BCUT2D eigenvalue weighted by molar-refractivity contribution is -0.176. The highest BCUT2D eigenvalue weighted by atomic mass is 35.5. The molecule has 1 heterocycles. The van der Waals surface area contributed by atoms with E-state index in [2.05, 4.69) is 37.9 Å². The smallest absolute Gasteiger partial charge is 0.303 e. The van der Waals surface area contributed by atoms with Crippen LogP contribution in [0.2, 0.25) is 0 Å². The van der Waals surface area contributed by atoms with Crippen LogP contribution in [0.3, 0.4) is 0 Å². The Hall–Kier alpha value is -1.06. The number of rotatable bonds is 2. The van der Waals surface area contributed by atoms with Gasteiger partial charge in [-0.2, -0.15) is 0 Å². The van der Waals surface area contributed by atoms with E-state index in [4.69, 9.17) is 4.74 Å². The Balaban J connectivity index is 0.00000200. The predicted octanol–water partition coefficient (Wildman–Crippen LogP) is -0.191. The van der Waals surface area contributed by atoms with Gasteiger partial charge in [0, 0.05) is 31.8 Å². The summed E-state index contributed by atoms with van der Waals surface area (Å²) in [5.74, 6) is 0.0602. The van der Waals surface area contributed by atoms with Crippen LogP contribution in [0.4, 0.5) is 0 Å². The summed E-state index contributed by atoms with van der Waals surface area (Å²) in [5, 5.41) is 0. The minimum absolute atomic E-state index is 0. The Morgan fingerprint density at radius 1 is 1.30 bits per heavy atom. The van der Waals surface area contributed by atoms with Gasteiger partial charge < -0.3 is 22.0 Å². The fourth-order valence-corrected chi connectivity index (χ4v) is 3.13. The van der Waals surface area contributed by atoms with E-state index in [1.165, 1.54) is 6.92 Å². The molecule has 0 N–H and O–H groups in total. The molecule has 1 aliphatic heterocycles. The van der Waals surface area contributed by atoms with Gasteiger partial charge in [0.15, 0.2) is 0 Å². The second kappa shape index (κ2) is 6.59. The SMILES string of the molecule is CC(=O)OC1(c2ccccc2)CCN(C)C(C)C1C.[Cl-]. The van der Waals surface area contributed by atoms with Gasteiger partial charge in [-0.15, -0.1) is 0 Å². The van der Waals surface area contributed by atoms with Gasteiger partial charge in [-0.3, -0.25) is 4.79 Å². The first-order valence-electron chi connectivity index (χ1n) is 6.92. The topological polar surface area (TPSA) is 29.5 Å². The first-order valence-corrected chi connectivity index (χ1v) is 6.92. The number of ether oxygens (including phenoxy) is 1. The molecule has 112 valence electrons. The number of esters is 1. The molecule has 1 fully saturated rings. The quantitative estimate of drug-likeness (QED) is 0.709. The number of nitrogens with zero attached hydrogens (tertiary/aromatic N) is 1. The van der Waals surface area contributed by atoms with E-state index in [1.807, 2.05) is 18.2 Å². The summed E-state index contributed by atoms with van der Waals surface area (Å²) in [5.41, 5.74) is 0.622. The van der Waals surface area contributed by atoms with Gasteiger partial charge in [0.25, 0.3) is 0 Å². The molecule has 0 aromatic heterocycles. The fraction of sp³-hybridized carbons (Fsp3) is 0.562. The molecule has 0 bridgehead atoms. The monoisotopic (exact) mass is 296 g/mol. The average Bonchev–Trinajstić information content (AvgIpc) is 2.40. The van der Waals surface area contributed by atoms with Crippen LogP contribution in [-0.4, -0.2) is 30.5 Å². The van der Waals surface area contributed by atoms with E-state index in [-0.39, 0.29) is 24.3 Å². The second-order valence-electron chi connectivity index (χ2n) is 5.61. The first kappa shape index (κ1) is 17.0. The summed E-state index contributed by atoms with van der Waals surface area (Å²) in [7, 11) is 2.13. The highest BCUT2D eigenvalue weighted by Gasteiger charge is 2.47. The molecule has 3 nitrogen and oxygen atoms in total. The van der Waals surface area contributed by atoms with Gasteiger partial charge in [-0.1, -0.05) is 37.3 Å². The van der Waals surface area contributed by atoms with Crippen molar-refractivity contribution < 1.29 is 21.9 Å². The number of likely N-dealkylation sites (tertiary alicyclic amines) is 1. The van der Waals surface area contributed by atoms with E-state index >= 15 is 0 Å². The fourth-order valence-electron chi connectivity index (χ4n) is 3.13. The summed E-state index contributed by atoms with van der Waals surface area (Å²) >= 11 is 0. The third-order valence-electron chi connectivity index (χ3n) is 4.58. The normalized spacial score (nSPS) is 30.4. The maximum atomic E-state index is 11.6. The molecule has 1 aliphatic rings. The van der Waals surface area contributed by atoms with Crippen LogP contribution in [0.5, 0.6) is 0 Å². The molecule has 20 heavy (non-hydrogen) atoms.